The van der Waals surface area contributed by atoms with Crippen molar-refractivity contribution in [3.05, 3.63) is 0 Å². The first kappa shape index (κ1) is 11.5. The molecule has 0 aromatic rings. The molecular weight excluding hydrogens is 182 g/mol. The second-order valence-electron chi connectivity index (χ2n) is 3.65. The van der Waals surface area contributed by atoms with E-state index in [0.717, 1.165) is 26.1 Å². The van der Waals surface area contributed by atoms with Gasteiger partial charge in [-0.3, -0.25) is 4.79 Å². The van der Waals surface area contributed by atoms with Gasteiger partial charge in [0.1, 0.15) is 0 Å². The Balaban J connectivity index is 2.39. The van der Waals surface area contributed by atoms with Crippen molar-refractivity contribution < 1.29 is 14.3 Å². The zero-order valence-electron chi connectivity index (χ0n) is 8.91. The SMILES string of the molecule is CNC(CC(=O)OC)C1CCCOC1. The Morgan fingerprint density at radius 3 is 3.00 bits per heavy atom. The third-order valence-corrected chi connectivity index (χ3v) is 2.75. The maximum absolute atomic E-state index is 11.1. The van der Waals surface area contributed by atoms with Crippen LogP contribution in [0.1, 0.15) is 19.3 Å². The van der Waals surface area contributed by atoms with Crippen molar-refractivity contribution in [2.24, 2.45) is 5.92 Å². The van der Waals surface area contributed by atoms with Crippen molar-refractivity contribution >= 4 is 5.97 Å². The van der Waals surface area contributed by atoms with Crippen LogP contribution in [0.5, 0.6) is 0 Å². The predicted molar refractivity (Wildman–Crippen MR) is 53.0 cm³/mol. The van der Waals surface area contributed by atoms with Gasteiger partial charge in [-0.1, -0.05) is 0 Å². The van der Waals surface area contributed by atoms with Gasteiger partial charge in [0.25, 0.3) is 0 Å². The number of rotatable bonds is 4. The molecule has 0 aromatic carbocycles. The average Bonchev–Trinajstić information content (AvgIpc) is 2.26. The van der Waals surface area contributed by atoms with Gasteiger partial charge in [-0.15, -0.1) is 0 Å². The Morgan fingerprint density at radius 1 is 1.71 bits per heavy atom. The lowest BCUT2D eigenvalue weighted by molar-refractivity contribution is -0.141. The first-order chi connectivity index (χ1) is 6.77. The number of hydrogen-bond donors (Lipinski definition) is 1. The van der Waals surface area contributed by atoms with Crippen LogP contribution in [0, 0.1) is 5.92 Å². The summed E-state index contributed by atoms with van der Waals surface area (Å²) in [6, 6.07) is 0.183. The Hall–Kier alpha value is -0.610. The summed E-state index contributed by atoms with van der Waals surface area (Å²) in [7, 11) is 3.30. The van der Waals surface area contributed by atoms with Crippen LogP contribution in [0.15, 0.2) is 0 Å². The third-order valence-electron chi connectivity index (χ3n) is 2.75. The Bertz CT molecular complexity index is 178. The molecule has 2 unspecified atom stereocenters. The number of methoxy groups -OCH3 is 1. The molecular formula is C10H19NO3. The van der Waals surface area contributed by atoms with Crippen LogP contribution in [-0.4, -0.2) is 39.4 Å². The molecule has 0 bridgehead atoms. The summed E-state index contributed by atoms with van der Waals surface area (Å²) in [4.78, 5) is 11.1. The second-order valence-corrected chi connectivity index (χ2v) is 3.65. The van der Waals surface area contributed by atoms with Gasteiger partial charge in [-0.05, 0) is 25.8 Å². The van der Waals surface area contributed by atoms with Crippen molar-refractivity contribution in [3.8, 4) is 0 Å². The quantitative estimate of drug-likeness (QED) is 0.675. The number of carbonyl (C=O) groups is 1. The second kappa shape index (κ2) is 5.98. The van der Waals surface area contributed by atoms with Gasteiger partial charge in [0.2, 0.25) is 0 Å². The minimum absolute atomic E-state index is 0.157. The number of esters is 1. The van der Waals surface area contributed by atoms with Crippen molar-refractivity contribution in [2.45, 2.75) is 25.3 Å². The molecule has 0 saturated carbocycles. The van der Waals surface area contributed by atoms with Crippen molar-refractivity contribution in [3.63, 3.8) is 0 Å². The number of hydrogen-bond acceptors (Lipinski definition) is 4. The Morgan fingerprint density at radius 2 is 2.50 bits per heavy atom. The summed E-state index contributed by atoms with van der Waals surface area (Å²) in [5, 5.41) is 3.16. The number of ether oxygens (including phenoxy) is 2. The van der Waals surface area contributed by atoms with Crippen LogP contribution in [0.25, 0.3) is 0 Å². The van der Waals surface area contributed by atoms with Crippen LogP contribution < -0.4 is 5.32 Å². The highest BCUT2D eigenvalue weighted by molar-refractivity contribution is 5.69. The fraction of sp³-hybridized carbons (Fsp3) is 0.900. The summed E-state index contributed by atoms with van der Waals surface area (Å²) in [5.74, 6) is 0.280. The van der Waals surface area contributed by atoms with Gasteiger partial charge in [0.15, 0.2) is 0 Å². The van der Waals surface area contributed by atoms with E-state index in [-0.39, 0.29) is 12.0 Å². The molecule has 4 nitrogen and oxygen atoms in total. The molecule has 1 fully saturated rings. The molecule has 14 heavy (non-hydrogen) atoms. The maximum Gasteiger partial charge on any atom is 0.307 e. The zero-order valence-corrected chi connectivity index (χ0v) is 8.91. The van der Waals surface area contributed by atoms with E-state index in [2.05, 4.69) is 10.1 Å². The highest BCUT2D eigenvalue weighted by atomic mass is 16.5. The van der Waals surface area contributed by atoms with Crippen LogP contribution >= 0.6 is 0 Å². The fourth-order valence-electron chi connectivity index (χ4n) is 1.85. The lowest BCUT2D eigenvalue weighted by Crippen LogP contribution is -2.40. The minimum Gasteiger partial charge on any atom is -0.469 e. The van der Waals surface area contributed by atoms with Crippen LogP contribution in [-0.2, 0) is 14.3 Å². The van der Waals surface area contributed by atoms with Crippen LogP contribution in [0.3, 0.4) is 0 Å². The standard InChI is InChI=1S/C10H19NO3/c1-11-9(6-10(12)13-2)8-4-3-5-14-7-8/h8-9,11H,3-7H2,1-2H3. The van der Waals surface area contributed by atoms with Crippen LogP contribution in [0.2, 0.25) is 0 Å². The van der Waals surface area contributed by atoms with Crippen molar-refractivity contribution in [1.82, 2.24) is 5.32 Å². The molecule has 2 atom stereocenters. The molecule has 82 valence electrons. The Labute approximate surface area is 85.0 Å². The fourth-order valence-corrected chi connectivity index (χ4v) is 1.85. The maximum atomic E-state index is 11.1. The van der Waals surface area contributed by atoms with Gasteiger partial charge in [0.05, 0.1) is 20.1 Å². The largest absolute Gasteiger partial charge is 0.469 e. The first-order valence-electron chi connectivity index (χ1n) is 5.09. The van der Waals surface area contributed by atoms with Gasteiger partial charge >= 0.3 is 5.97 Å². The van der Waals surface area contributed by atoms with E-state index in [1.807, 2.05) is 7.05 Å². The molecule has 1 aliphatic heterocycles. The van der Waals surface area contributed by atoms with Gasteiger partial charge in [-0.2, -0.15) is 0 Å². The number of nitrogens with one attached hydrogen (secondary N) is 1. The Kier molecular flexibility index (Phi) is 4.90. The van der Waals surface area contributed by atoms with Gasteiger partial charge < -0.3 is 14.8 Å². The van der Waals surface area contributed by atoms with Gasteiger partial charge in [0, 0.05) is 12.6 Å². The summed E-state index contributed by atoms with van der Waals surface area (Å²) >= 11 is 0. The average molecular weight is 201 g/mol. The minimum atomic E-state index is -0.157. The molecule has 1 N–H and O–H groups in total. The number of carbonyl (C=O) groups excluding carboxylic acids is 1. The zero-order chi connectivity index (χ0) is 10.4. The first-order valence-corrected chi connectivity index (χ1v) is 5.09. The van der Waals surface area contributed by atoms with Crippen molar-refractivity contribution in [1.29, 1.82) is 0 Å². The molecule has 0 amide bonds. The predicted octanol–water partition coefficient (Wildman–Crippen LogP) is 0.564. The van der Waals surface area contributed by atoms with Crippen molar-refractivity contribution in [2.75, 3.05) is 27.4 Å². The molecule has 0 spiro atoms. The van der Waals surface area contributed by atoms with E-state index in [4.69, 9.17) is 4.74 Å². The normalized spacial score (nSPS) is 24.3. The molecule has 1 saturated heterocycles. The molecule has 0 aliphatic carbocycles. The smallest absolute Gasteiger partial charge is 0.307 e. The molecule has 0 radical (unpaired) electrons. The molecule has 0 aromatic heterocycles. The van der Waals surface area contributed by atoms with E-state index in [1.165, 1.54) is 7.11 Å². The monoisotopic (exact) mass is 201 g/mol. The third kappa shape index (κ3) is 3.27. The molecule has 1 aliphatic rings. The lowest BCUT2D eigenvalue weighted by atomic mass is 9.92. The van der Waals surface area contributed by atoms with E-state index < -0.39 is 0 Å². The van der Waals surface area contributed by atoms with Gasteiger partial charge in [-0.25, -0.2) is 0 Å². The molecule has 1 rings (SSSR count). The lowest BCUT2D eigenvalue weighted by Gasteiger charge is -2.29. The summed E-state index contributed by atoms with van der Waals surface area (Å²) in [5.41, 5.74) is 0. The summed E-state index contributed by atoms with van der Waals surface area (Å²) in [6.45, 7) is 1.60. The van der Waals surface area contributed by atoms with E-state index in [9.17, 15) is 4.79 Å². The van der Waals surface area contributed by atoms with E-state index in [0.29, 0.717) is 12.3 Å². The summed E-state index contributed by atoms with van der Waals surface area (Å²) in [6.07, 6.45) is 2.65. The topological polar surface area (TPSA) is 47.6 Å². The highest BCUT2D eigenvalue weighted by Gasteiger charge is 2.25. The highest BCUT2D eigenvalue weighted by Crippen LogP contribution is 2.19. The van der Waals surface area contributed by atoms with E-state index in [1.54, 1.807) is 0 Å². The molecule has 1 heterocycles. The summed E-state index contributed by atoms with van der Waals surface area (Å²) < 4.78 is 10.0. The van der Waals surface area contributed by atoms with Crippen LogP contribution in [0.4, 0.5) is 0 Å². The molecule has 4 heteroatoms. The van der Waals surface area contributed by atoms with E-state index >= 15 is 0 Å².